The number of hydrogen-bond acceptors (Lipinski definition) is 9. The van der Waals surface area contributed by atoms with Gasteiger partial charge in [-0.05, 0) is 13.3 Å². The number of alkyl halides is 2. The van der Waals surface area contributed by atoms with Crippen molar-refractivity contribution in [2.45, 2.75) is 63.0 Å². The molecule has 0 aliphatic carbocycles. The highest BCUT2D eigenvalue weighted by Gasteiger charge is 2.60. The number of halogens is 2. The van der Waals surface area contributed by atoms with Crippen molar-refractivity contribution in [3.8, 4) is 0 Å². The monoisotopic (exact) mass is 570 g/mol. The molecule has 5 rings (SSSR count). The molecule has 0 saturated carbocycles. The number of nitrogen functional groups attached to an aromatic ring is 1. The average molecular weight is 571 g/mol. The second kappa shape index (κ2) is 10.1. The van der Waals surface area contributed by atoms with Gasteiger partial charge in [0.15, 0.2) is 5.13 Å². The Balaban J connectivity index is 1.25. The Hall–Kier alpha value is -2.78. The highest BCUT2D eigenvalue weighted by molar-refractivity contribution is 8.03. The highest BCUT2D eigenvalue weighted by atomic mass is 32.2. The van der Waals surface area contributed by atoms with Crippen molar-refractivity contribution in [3.63, 3.8) is 0 Å². The zero-order chi connectivity index (χ0) is 27.5. The highest BCUT2D eigenvalue weighted by Crippen LogP contribution is 2.52. The third kappa shape index (κ3) is 4.53. The van der Waals surface area contributed by atoms with Crippen LogP contribution >= 0.6 is 23.1 Å². The number of nitrogens with zero attached hydrogens (tertiary/aromatic N) is 3. The van der Waals surface area contributed by atoms with E-state index >= 15 is 0 Å². The Morgan fingerprint density at radius 2 is 2.08 bits per heavy atom. The van der Waals surface area contributed by atoms with Crippen molar-refractivity contribution in [1.82, 2.24) is 25.4 Å². The van der Waals surface area contributed by atoms with Gasteiger partial charge >= 0.3 is 12.4 Å². The molecule has 2 saturated heterocycles. The Kier molecular flexibility index (Phi) is 7.11. The Morgan fingerprint density at radius 1 is 1.34 bits per heavy atom. The predicted octanol–water partition coefficient (Wildman–Crippen LogP) is 0.616. The van der Waals surface area contributed by atoms with Gasteiger partial charge in [-0.25, -0.2) is 9.78 Å². The van der Waals surface area contributed by atoms with E-state index in [2.05, 4.69) is 15.6 Å². The molecular weight excluding hydrogens is 542 g/mol. The summed E-state index contributed by atoms with van der Waals surface area (Å²) in [4.78, 5) is 58.5. The average Bonchev–Trinajstić information content (AvgIpc) is 3.53. The first-order valence-corrected chi connectivity index (χ1v) is 14.0. The van der Waals surface area contributed by atoms with Gasteiger partial charge in [0.2, 0.25) is 11.8 Å². The molecule has 4 aliphatic heterocycles. The number of aromatic nitrogens is 1. The fourth-order valence-electron chi connectivity index (χ4n) is 5.86. The molecule has 5 N–H and O–H groups in total. The number of carbonyl (C=O) groups excluding carboxylic acids is 3. The molecule has 11 nitrogen and oxygen atoms in total. The molecule has 3 amide bonds. The van der Waals surface area contributed by atoms with Crippen LogP contribution in [0.1, 0.15) is 30.8 Å². The molecule has 1 aromatic heterocycles. The van der Waals surface area contributed by atoms with Crippen LogP contribution in [-0.2, 0) is 32.1 Å². The second-order valence-corrected chi connectivity index (χ2v) is 12.5. The number of fused-ring (bicyclic) bond motifs is 2. The minimum atomic E-state index is -3.21. The second-order valence-electron chi connectivity index (χ2n) is 10.00. The van der Waals surface area contributed by atoms with Crippen LogP contribution in [0, 0.1) is 11.8 Å². The fraction of sp³-hybridized carbons (Fsp3) is 0.609. The fourth-order valence-corrected chi connectivity index (χ4v) is 8.23. The van der Waals surface area contributed by atoms with Crippen LogP contribution in [0.5, 0.6) is 0 Å². The van der Waals surface area contributed by atoms with Crippen LogP contribution in [0.2, 0.25) is 0 Å². The van der Waals surface area contributed by atoms with Crippen molar-refractivity contribution in [3.05, 3.63) is 21.2 Å². The molecule has 38 heavy (non-hydrogen) atoms. The molecule has 0 aromatic carbocycles. The number of thioether (sulfide) groups is 1. The number of β-lactam (4-membered cyclic amide) rings is 1. The molecule has 6 atom stereocenters. The molecule has 1 unspecified atom stereocenters. The smallest absolute Gasteiger partial charge is 0.353 e. The summed E-state index contributed by atoms with van der Waals surface area (Å²) in [6.07, 6.45) is -2.07. The van der Waals surface area contributed by atoms with E-state index in [1.165, 1.54) is 34.9 Å². The van der Waals surface area contributed by atoms with Crippen molar-refractivity contribution < 1.29 is 33.1 Å². The van der Waals surface area contributed by atoms with Gasteiger partial charge in [-0.2, -0.15) is 8.78 Å². The number of amides is 3. The molecule has 15 heteroatoms. The molecular formula is C23H28F2N6O5S2. The van der Waals surface area contributed by atoms with Gasteiger partial charge in [0.05, 0.1) is 30.2 Å². The summed E-state index contributed by atoms with van der Waals surface area (Å²) in [6.45, 7) is 4.77. The summed E-state index contributed by atoms with van der Waals surface area (Å²) < 4.78 is 25.4. The molecule has 4 aliphatic rings. The lowest BCUT2D eigenvalue weighted by Gasteiger charge is -2.47. The van der Waals surface area contributed by atoms with Gasteiger partial charge in [0.25, 0.3) is 5.91 Å². The van der Waals surface area contributed by atoms with Crippen molar-refractivity contribution in [2.24, 2.45) is 11.8 Å². The van der Waals surface area contributed by atoms with Crippen molar-refractivity contribution in [1.29, 1.82) is 0 Å². The van der Waals surface area contributed by atoms with Crippen LogP contribution < -0.4 is 16.4 Å². The first kappa shape index (κ1) is 26.8. The molecule has 2 fully saturated rings. The van der Waals surface area contributed by atoms with Gasteiger partial charge in [-0.3, -0.25) is 14.4 Å². The summed E-state index contributed by atoms with van der Waals surface area (Å²) in [6, 6.07) is -1.84. The van der Waals surface area contributed by atoms with E-state index in [1.807, 2.05) is 0 Å². The zero-order valence-electron chi connectivity index (χ0n) is 20.6. The molecule has 1 aromatic rings. The number of carboxylic acids is 1. The van der Waals surface area contributed by atoms with E-state index < -0.39 is 48.3 Å². The Morgan fingerprint density at radius 3 is 2.76 bits per heavy atom. The lowest BCUT2D eigenvalue weighted by molar-refractivity contribution is -0.159. The summed E-state index contributed by atoms with van der Waals surface area (Å²) >= 11 is 2.73. The molecule has 206 valence electrons. The van der Waals surface area contributed by atoms with Crippen LogP contribution in [0.3, 0.4) is 0 Å². The lowest BCUT2D eigenvalue weighted by Crippen LogP contribution is -2.66. The zero-order valence-corrected chi connectivity index (χ0v) is 22.3. The SMILES string of the molecule is CC(NC(=O)C(F)F)[C@H]1C(=O)N2C(C(=O)O)=C(S[C@@H]3CN[C@H](C(=O)N4CCc5nc(N)sc5C4)C3)[C@H](C)[C@H]12. The Bertz CT molecular complexity index is 1220. The van der Waals surface area contributed by atoms with Gasteiger partial charge in [0.1, 0.15) is 5.70 Å². The van der Waals surface area contributed by atoms with E-state index in [4.69, 9.17) is 5.73 Å². The number of rotatable bonds is 7. The molecule has 0 bridgehead atoms. The summed E-state index contributed by atoms with van der Waals surface area (Å²) in [5, 5.41) is 15.7. The third-order valence-corrected chi connectivity index (χ3v) is 10.1. The van der Waals surface area contributed by atoms with Crippen LogP contribution in [0.15, 0.2) is 10.6 Å². The maximum Gasteiger partial charge on any atom is 0.353 e. The predicted molar refractivity (Wildman–Crippen MR) is 135 cm³/mol. The van der Waals surface area contributed by atoms with Gasteiger partial charge in [-0.1, -0.05) is 6.92 Å². The first-order valence-electron chi connectivity index (χ1n) is 12.3. The van der Waals surface area contributed by atoms with E-state index in [0.29, 0.717) is 42.5 Å². The van der Waals surface area contributed by atoms with Gasteiger partial charge in [-0.15, -0.1) is 23.1 Å². The minimum absolute atomic E-state index is 0.0275. The number of nitrogens with two attached hydrogens (primary N) is 1. The normalized spacial score (nSPS) is 29.3. The van der Waals surface area contributed by atoms with Gasteiger partial charge < -0.3 is 31.3 Å². The van der Waals surface area contributed by atoms with E-state index in [1.54, 1.807) is 11.8 Å². The van der Waals surface area contributed by atoms with Crippen molar-refractivity contribution >= 4 is 51.9 Å². The molecule has 5 heterocycles. The molecule has 0 spiro atoms. The number of hydrogen-bond donors (Lipinski definition) is 4. The Labute approximate surface area is 225 Å². The van der Waals surface area contributed by atoms with Crippen LogP contribution in [-0.4, -0.2) is 86.5 Å². The van der Waals surface area contributed by atoms with Gasteiger partial charge in [0, 0.05) is 46.5 Å². The van der Waals surface area contributed by atoms with Crippen molar-refractivity contribution in [2.75, 3.05) is 18.8 Å². The number of nitrogens with one attached hydrogen (secondary N) is 2. The standard InChI is InChI=1S/C23H28F2N6O5S2/c1-8-15-14(9(2)28-19(32)18(24)25)21(34)31(15)16(22(35)36)17(8)37-10-5-12(27-6-10)20(33)30-4-3-11-13(7-30)38-23(26)29-11/h8-10,12,14-15,18,27H,3-7H2,1-2H3,(H2,26,29)(H,28,32)(H,35,36)/t8-,9?,10+,12+,14-,15-/m1/s1. The maximum atomic E-state index is 13.2. The number of thiazole rings is 1. The lowest BCUT2D eigenvalue weighted by atomic mass is 9.78. The third-order valence-electron chi connectivity index (χ3n) is 7.64. The number of anilines is 1. The quantitative estimate of drug-likeness (QED) is 0.345. The summed E-state index contributed by atoms with van der Waals surface area (Å²) in [5.41, 5.74) is 6.63. The number of aliphatic carboxylic acids is 1. The summed E-state index contributed by atoms with van der Waals surface area (Å²) in [5.74, 6) is -4.42. The largest absolute Gasteiger partial charge is 0.477 e. The first-order chi connectivity index (χ1) is 18.0. The van der Waals surface area contributed by atoms with E-state index in [-0.39, 0.29) is 22.8 Å². The molecule has 0 radical (unpaired) electrons. The van der Waals surface area contributed by atoms with Crippen LogP contribution in [0.4, 0.5) is 13.9 Å². The number of carboxylic acid groups (broad SMARTS) is 1. The maximum absolute atomic E-state index is 13.2. The van der Waals surface area contributed by atoms with E-state index in [0.717, 1.165) is 10.6 Å². The minimum Gasteiger partial charge on any atom is -0.477 e. The topological polar surface area (TPSA) is 158 Å². The van der Waals surface area contributed by atoms with E-state index in [9.17, 15) is 33.1 Å². The number of carbonyl (C=O) groups is 4. The van der Waals surface area contributed by atoms with Crippen LogP contribution in [0.25, 0.3) is 0 Å². The summed E-state index contributed by atoms with van der Waals surface area (Å²) in [7, 11) is 0.